The van der Waals surface area contributed by atoms with E-state index in [0.29, 0.717) is 6.54 Å². The second kappa shape index (κ2) is 6.07. The van der Waals surface area contributed by atoms with Crippen LogP contribution in [-0.4, -0.2) is 22.4 Å². The van der Waals surface area contributed by atoms with Gasteiger partial charge in [0.05, 0.1) is 12.9 Å². The van der Waals surface area contributed by atoms with Crippen molar-refractivity contribution in [3.05, 3.63) is 54.1 Å². The summed E-state index contributed by atoms with van der Waals surface area (Å²) >= 11 is 0. The maximum absolute atomic E-state index is 4.96. The molecule has 1 aliphatic rings. The van der Waals surface area contributed by atoms with Gasteiger partial charge >= 0.3 is 0 Å². The minimum Gasteiger partial charge on any atom is -0.399 e. The van der Waals surface area contributed by atoms with Gasteiger partial charge in [-0.15, -0.1) is 0 Å². The summed E-state index contributed by atoms with van der Waals surface area (Å²) in [5.74, 6) is 6.60. The highest BCUT2D eigenvalue weighted by Gasteiger charge is 2.35. The third-order valence-electron chi connectivity index (χ3n) is 3.82. The number of oxime groups is 1. The fourth-order valence-electron chi connectivity index (χ4n) is 2.12. The van der Waals surface area contributed by atoms with Crippen LogP contribution in [0.2, 0.25) is 0 Å². The largest absolute Gasteiger partial charge is 0.399 e. The molecule has 1 heterocycles. The lowest BCUT2D eigenvalue weighted by molar-refractivity contribution is 0.212. The summed E-state index contributed by atoms with van der Waals surface area (Å²) in [6.07, 6.45) is 7.85. The molecule has 0 spiro atoms. The molecule has 1 fully saturated rings. The predicted octanol–water partition coefficient (Wildman–Crippen LogP) is 3.09. The van der Waals surface area contributed by atoms with Crippen molar-refractivity contribution in [2.45, 2.75) is 26.3 Å². The van der Waals surface area contributed by atoms with Crippen LogP contribution in [0.5, 0.6) is 0 Å². The summed E-state index contributed by atoms with van der Waals surface area (Å²) in [6.45, 7) is 2.83. The van der Waals surface area contributed by atoms with Crippen LogP contribution in [0.3, 0.4) is 0 Å². The van der Waals surface area contributed by atoms with E-state index in [9.17, 15) is 0 Å². The smallest absolute Gasteiger partial charge is 0.107 e. The first kappa shape index (κ1) is 14.4. The topological polar surface area (TPSA) is 39.4 Å². The van der Waals surface area contributed by atoms with Crippen molar-refractivity contribution in [3.8, 4) is 11.8 Å². The van der Waals surface area contributed by atoms with Gasteiger partial charge in [0.2, 0.25) is 0 Å². The van der Waals surface area contributed by atoms with Gasteiger partial charge in [0, 0.05) is 28.9 Å². The second-order valence-electron chi connectivity index (χ2n) is 5.84. The van der Waals surface area contributed by atoms with E-state index in [1.54, 1.807) is 19.6 Å². The van der Waals surface area contributed by atoms with Crippen molar-refractivity contribution in [2.24, 2.45) is 10.6 Å². The molecular formula is C18H19N3O. The molecular weight excluding hydrogens is 274 g/mol. The van der Waals surface area contributed by atoms with Crippen molar-refractivity contribution in [1.82, 2.24) is 9.55 Å². The zero-order chi connectivity index (χ0) is 15.4. The first-order chi connectivity index (χ1) is 10.7. The molecule has 4 heteroatoms. The molecule has 0 bridgehead atoms. The van der Waals surface area contributed by atoms with Gasteiger partial charge in [0.1, 0.15) is 12.8 Å². The molecule has 3 rings (SSSR count). The molecule has 0 unspecified atom stereocenters. The molecule has 0 radical (unpaired) electrons. The third kappa shape index (κ3) is 3.56. The van der Waals surface area contributed by atoms with Crippen LogP contribution in [0, 0.1) is 17.3 Å². The van der Waals surface area contributed by atoms with Gasteiger partial charge < -0.3 is 9.40 Å². The number of benzene rings is 1. The van der Waals surface area contributed by atoms with E-state index in [2.05, 4.69) is 28.9 Å². The maximum Gasteiger partial charge on any atom is 0.107 e. The molecule has 0 saturated heterocycles. The number of hydrogen-bond donors (Lipinski definition) is 0. The Balaban J connectivity index is 1.76. The molecule has 1 aromatic carbocycles. The lowest BCUT2D eigenvalue weighted by Crippen LogP contribution is -2.11. The van der Waals surface area contributed by atoms with E-state index in [0.717, 1.165) is 16.8 Å². The number of rotatable bonds is 4. The number of imidazole rings is 1. The van der Waals surface area contributed by atoms with Crippen LogP contribution in [0.15, 0.2) is 48.1 Å². The number of aromatic nitrogens is 2. The summed E-state index contributed by atoms with van der Waals surface area (Å²) in [7, 11) is 1.56. The fourth-order valence-corrected chi connectivity index (χ4v) is 2.12. The van der Waals surface area contributed by atoms with Crippen molar-refractivity contribution in [2.75, 3.05) is 7.11 Å². The van der Waals surface area contributed by atoms with Gasteiger partial charge in [-0.1, -0.05) is 29.1 Å². The standard InChI is InChI=1S/C18H19N3O/c1-18(9-10-18)8-7-15-3-5-16(6-4-15)17(20-22-2)13-21-12-11-19-14-21/h3-6,11-12,14H,9-10,13H2,1-2H3. The molecule has 1 aliphatic carbocycles. The highest BCUT2D eigenvalue weighted by molar-refractivity contribution is 6.00. The quantitative estimate of drug-likeness (QED) is 0.494. The number of nitrogens with zero attached hydrogens (tertiary/aromatic N) is 3. The van der Waals surface area contributed by atoms with Crippen molar-refractivity contribution in [3.63, 3.8) is 0 Å². The van der Waals surface area contributed by atoms with Crippen LogP contribution >= 0.6 is 0 Å². The summed E-state index contributed by atoms with van der Waals surface area (Å²) in [4.78, 5) is 9.01. The summed E-state index contributed by atoms with van der Waals surface area (Å²) in [5.41, 5.74) is 3.17. The van der Waals surface area contributed by atoms with Crippen LogP contribution in [-0.2, 0) is 11.4 Å². The molecule has 0 aliphatic heterocycles. The van der Waals surface area contributed by atoms with E-state index in [1.807, 2.05) is 35.0 Å². The fraction of sp³-hybridized carbons (Fsp3) is 0.333. The van der Waals surface area contributed by atoms with Crippen LogP contribution in [0.4, 0.5) is 0 Å². The molecule has 0 N–H and O–H groups in total. The molecule has 0 atom stereocenters. The summed E-state index contributed by atoms with van der Waals surface area (Å²) in [5, 5.41) is 4.13. The van der Waals surface area contributed by atoms with Gasteiger partial charge in [0.25, 0.3) is 0 Å². The Morgan fingerprint density at radius 1 is 1.36 bits per heavy atom. The number of hydrogen-bond acceptors (Lipinski definition) is 3. The monoisotopic (exact) mass is 293 g/mol. The zero-order valence-electron chi connectivity index (χ0n) is 12.9. The highest BCUT2D eigenvalue weighted by atomic mass is 16.6. The van der Waals surface area contributed by atoms with E-state index in [1.165, 1.54) is 12.8 Å². The third-order valence-corrected chi connectivity index (χ3v) is 3.82. The van der Waals surface area contributed by atoms with E-state index in [4.69, 9.17) is 4.84 Å². The predicted molar refractivity (Wildman–Crippen MR) is 86.4 cm³/mol. The zero-order valence-corrected chi connectivity index (χ0v) is 12.9. The molecule has 1 aromatic heterocycles. The van der Waals surface area contributed by atoms with Gasteiger partial charge in [-0.3, -0.25) is 0 Å². The lowest BCUT2D eigenvalue weighted by atomic mass is 10.1. The van der Waals surface area contributed by atoms with Crippen LogP contribution in [0.1, 0.15) is 30.9 Å². The first-order valence-corrected chi connectivity index (χ1v) is 7.38. The van der Waals surface area contributed by atoms with E-state index < -0.39 is 0 Å². The first-order valence-electron chi connectivity index (χ1n) is 7.38. The van der Waals surface area contributed by atoms with E-state index >= 15 is 0 Å². The Hall–Kier alpha value is -2.54. The Labute approximate surface area is 130 Å². The molecule has 112 valence electrons. The van der Waals surface area contributed by atoms with Crippen molar-refractivity contribution < 1.29 is 4.84 Å². The maximum atomic E-state index is 4.96. The molecule has 4 nitrogen and oxygen atoms in total. The van der Waals surface area contributed by atoms with Crippen LogP contribution in [0.25, 0.3) is 0 Å². The SMILES string of the molecule is CON=C(Cn1ccnc1)c1ccc(C#CC2(C)CC2)cc1. The Morgan fingerprint density at radius 2 is 2.14 bits per heavy atom. The Morgan fingerprint density at radius 3 is 2.73 bits per heavy atom. The highest BCUT2D eigenvalue weighted by Crippen LogP contribution is 2.44. The van der Waals surface area contributed by atoms with Gasteiger partial charge in [-0.05, 0) is 31.9 Å². The average molecular weight is 293 g/mol. The normalized spacial score (nSPS) is 15.8. The van der Waals surface area contributed by atoms with Gasteiger partial charge in [0.15, 0.2) is 0 Å². The Bertz CT molecular complexity index is 714. The minimum atomic E-state index is 0.253. The van der Waals surface area contributed by atoms with Crippen molar-refractivity contribution in [1.29, 1.82) is 0 Å². The van der Waals surface area contributed by atoms with Gasteiger partial charge in [-0.25, -0.2) is 4.98 Å². The lowest BCUT2D eigenvalue weighted by Gasteiger charge is -2.07. The second-order valence-corrected chi connectivity index (χ2v) is 5.84. The van der Waals surface area contributed by atoms with E-state index in [-0.39, 0.29) is 5.41 Å². The molecule has 22 heavy (non-hydrogen) atoms. The molecule has 2 aromatic rings. The Kier molecular flexibility index (Phi) is 3.97. The molecule has 1 saturated carbocycles. The summed E-state index contributed by atoms with van der Waals surface area (Å²) in [6, 6.07) is 8.14. The average Bonchev–Trinajstić information content (AvgIpc) is 3.05. The van der Waals surface area contributed by atoms with Gasteiger partial charge in [-0.2, -0.15) is 0 Å². The molecule has 0 amide bonds. The van der Waals surface area contributed by atoms with Crippen LogP contribution < -0.4 is 0 Å². The summed E-state index contributed by atoms with van der Waals surface area (Å²) < 4.78 is 1.96. The minimum absolute atomic E-state index is 0.253. The van der Waals surface area contributed by atoms with Crippen molar-refractivity contribution >= 4 is 5.71 Å².